The lowest BCUT2D eigenvalue weighted by Gasteiger charge is -2.46. The van der Waals surface area contributed by atoms with Crippen molar-refractivity contribution in [2.45, 2.75) is 121 Å². The van der Waals surface area contributed by atoms with Gasteiger partial charge in [0.15, 0.2) is 42.9 Å². The summed E-state index contributed by atoms with van der Waals surface area (Å²) in [6, 6.07) is 6.29. The Balaban J connectivity index is 1.76. The van der Waals surface area contributed by atoms with Crippen molar-refractivity contribution in [3.63, 3.8) is 0 Å². The van der Waals surface area contributed by atoms with Crippen LogP contribution < -0.4 is 5.63 Å². The van der Waals surface area contributed by atoms with Crippen LogP contribution in [0.15, 0.2) is 38.4 Å². The van der Waals surface area contributed by atoms with Crippen molar-refractivity contribution < 1.29 is 85.3 Å². The van der Waals surface area contributed by atoms with Gasteiger partial charge in [0.1, 0.15) is 29.8 Å². The molecule has 2 aliphatic heterocycles. The van der Waals surface area contributed by atoms with E-state index in [0.717, 1.165) is 60.2 Å². The molecule has 1 aromatic heterocycles. The highest BCUT2D eigenvalue weighted by Crippen LogP contribution is 2.39. The Morgan fingerprint density at radius 2 is 1.07 bits per heavy atom. The Labute approximate surface area is 323 Å². The Morgan fingerprint density at radius 3 is 1.61 bits per heavy atom. The van der Waals surface area contributed by atoms with E-state index >= 15 is 0 Å². The van der Waals surface area contributed by atoms with Gasteiger partial charge >= 0.3 is 47.4 Å². The lowest BCUT2D eigenvalue weighted by molar-refractivity contribution is -0.317. The Bertz CT molecular complexity index is 1870. The largest absolute Gasteiger partial charge is 0.463 e. The fourth-order valence-corrected chi connectivity index (χ4v) is 7.24. The zero-order valence-electron chi connectivity index (χ0n) is 31.7. The van der Waals surface area contributed by atoms with Crippen molar-refractivity contribution in [3.05, 3.63) is 40.2 Å². The summed E-state index contributed by atoms with van der Waals surface area (Å²) in [5, 5.41) is 0.652. The standard InChI is InChI=1S/C36H42O19S/c1-15-11-28(44)53-25-12-23(9-10-24(15)25)56-36-34(52-22(8)43)32(50-20(6)41)30(48-18(4)39)27(55-36)14-46-35-33(51-21(7)42)31(49-19(5)40)29(47-17(3)38)26(54-35)13-45-16(2)37/h9-12,26-27,29-36H,13-14H2,1-8H3/t26-,27-,29+,30-,31+,32+,33-,34-,35-,36+/m1/s1. The average Bonchev–Trinajstić information content (AvgIpc) is 3.06. The third-order valence-electron chi connectivity index (χ3n) is 8.05. The molecule has 20 heteroatoms. The van der Waals surface area contributed by atoms with Gasteiger partial charge in [-0.1, -0.05) is 11.8 Å². The van der Waals surface area contributed by atoms with Crippen molar-refractivity contribution >= 4 is 64.5 Å². The van der Waals surface area contributed by atoms with Crippen LogP contribution in [0.1, 0.15) is 54.0 Å². The van der Waals surface area contributed by atoms with E-state index in [2.05, 4.69) is 0 Å². The van der Waals surface area contributed by atoms with Crippen molar-refractivity contribution in [3.8, 4) is 0 Å². The van der Waals surface area contributed by atoms with Gasteiger partial charge in [-0.25, -0.2) is 4.79 Å². The summed E-state index contributed by atoms with van der Waals surface area (Å²) < 4.78 is 62.1. The molecule has 0 spiro atoms. The van der Waals surface area contributed by atoms with Crippen molar-refractivity contribution in [1.82, 2.24) is 0 Å². The molecule has 3 heterocycles. The number of benzene rings is 1. The van der Waals surface area contributed by atoms with Crippen LogP contribution in [0.2, 0.25) is 0 Å². The normalized spacial score (nSPS) is 27.3. The summed E-state index contributed by atoms with van der Waals surface area (Å²) in [7, 11) is 0. The molecule has 1 aromatic carbocycles. The van der Waals surface area contributed by atoms with Crippen LogP contribution in [0.3, 0.4) is 0 Å². The first-order valence-electron chi connectivity index (χ1n) is 17.1. The van der Waals surface area contributed by atoms with Crippen LogP contribution in [0.4, 0.5) is 0 Å². The third-order valence-corrected chi connectivity index (χ3v) is 9.18. The molecule has 0 radical (unpaired) electrons. The van der Waals surface area contributed by atoms with Crippen molar-refractivity contribution in [2.75, 3.05) is 13.2 Å². The van der Waals surface area contributed by atoms with Gasteiger partial charge in [-0.3, -0.25) is 33.6 Å². The molecule has 0 aliphatic carbocycles. The molecule has 0 amide bonds. The topological polar surface area (TPSA) is 242 Å². The van der Waals surface area contributed by atoms with Crippen LogP contribution in [-0.2, 0) is 80.9 Å². The van der Waals surface area contributed by atoms with Gasteiger partial charge in [0, 0.05) is 64.8 Å². The highest BCUT2D eigenvalue weighted by molar-refractivity contribution is 7.99. The first-order valence-corrected chi connectivity index (χ1v) is 18.0. The van der Waals surface area contributed by atoms with E-state index in [4.69, 9.17) is 51.8 Å². The number of carbonyl (C=O) groups excluding carboxylic acids is 7. The second-order valence-corrected chi connectivity index (χ2v) is 13.9. The van der Waals surface area contributed by atoms with E-state index in [1.165, 1.54) is 6.07 Å². The number of thioether (sulfide) groups is 1. The predicted molar refractivity (Wildman–Crippen MR) is 186 cm³/mol. The fraction of sp³-hybridized carbons (Fsp3) is 0.556. The van der Waals surface area contributed by atoms with E-state index < -0.39 is 121 Å². The van der Waals surface area contributed by atoms with Gasteiger partial charge in [0.05, 0.1) is 6.61 Å². The quantitative estimate of drug-likeness (QED) is 0.159. The first kappa shape index (κ1) is 43.7. The molecule has 56 heavy (non-hydrogen) atoms. The van der Waals surface area contributed by atoms with E-state index in [9.17, 15) is 38.4 Å². The zero-order valence-corrected chi connectivity index (χ0v) is 32.5. The monoisotopic (exact) mass is 810 g/mol. The minimum absolute atomic E-state index is 0.248. The van der Waals surface area contributed by atoms with Gasteiger partial charge < -0.3 is 51.8 Å². The molecule has 306 valence electrons. The first-order chi connectivity index (χ1) is 26.3. The molecule has 2 aliphatic rings. The molecule has 0 saturated carbocycles. The minimum Gasteiger partial charge on any atom is -0.463 e. The molecular formula is C36H42O19S. The molecule has 2 aromatic rings. The number of rotatable bonds is 13. The lowest BCUT2D eigenvalue weighted by Crippen LogP contribution is -2.64. The average molecular weight is 811 g/mol. The number of hydrogen-bond donors (Lipinski definition) is 0. The zero-order chi connectivity index (χ0) is 41.4. The van der Waals surface area contributed by atoms with E-state index in [1.54, 1.807) is 25.1 Å². The second-order valence-electron chi connectivity index (χ2n) is 12.7. The molecule has 0 N–H and O–H groups in total. The molecule has 2 saturated heterocycles. The van der Waals surface area contributed by atoms with E-state index in [-0.39, 0.29) is 5.58 Å². The maximum atomic E-state index is 12.5. The number of aryl methyl sites for hydroxylation is 1. The Morgan fingerprint density at radius 1 is 0.589 bits per heavy atom. The van der Waals surface area contributed by atoms with Crippen LogP contribution in [0.5, 0.6) is 0 Å². The second kappa shape index (κ2) is 19.2. The predicted octanol–water partition coefficient (Wildman–Crippen LogP) is 1.81. The Hall–Kier alpha value is -5.05. The lowest BCUT2D eigenvalue weighted by atomic mass is 9.97. The van der Waals surface area contributed by atoms with E-state index in [1.807, 2.05) is 0 Å². The summed E-state index contributed by atoms with van der Waals surface area (Å²) in [6.45, 7) is 8.17. The summed E-state index contributed by atoms with van der Waals surface area (Å²) >= 11 is 0.986. The van der Waals surface area contributed by atoms with Crippen molar-refractivity contribution in [2.24, 2.45) is 0 Å². The van der Waals surface area contributed by atoms with Crippen LogP contribution >= 0.6 is 11.8 Å². The molecule has 2 fully saturated rings. The number of fused-ring (bicyclic) bond motifs is 1. The third kappa shape index (κ3) is 11.7. The SMILES string of the molecule is CC(=O)OC[C@H]1O[C@@H](OC[C@H]2O[C@@H](Sc3ccc4c(C)cc(=O)oc4c3)[C@H](OC(C)=O)[C@@H](OC(C)=O)[C@@H]2OC(C)=O)[C@H](OC(C)=O)[C@@H](OC(C)=O)[C@H]1OC(C)=O. The van der Waals surface area contributed by atoms with Gasteiger partial charge in [0.25, 0.3) is 0 Å². The van der Waals surface area contributed by atoms with E-state index in [0.29, 0.717) is 15.8 Å². The van der Waals surface area contributed by atoms with Crippen LogP contribution in [0, 0.1) is 6.92 Å². The summed E-state index contributed by atoms with van der Waals surface area (Å²) in [5.74, 6) is -5.80. The summed E-state index contributed by atoms with van der Waals surface area (Å²) in [5.41, 5.74) is -0.883. The van der Waals surface area contributed by atoms with Crippen molar-refractivity contribution in [1.29, 1.82) is 0 Å². The number of esters is 7. The molecule has 0 bridgehead atoms. The highest BCUT2D eigenvalue weighted by atomic mass is 32.2. The van der Waals surface area contributed by atoms with Gasteiger partial charge in [-0.2, -0.15) is 0 Å². The molecule has 0 unspecified atom stereocenters. The molecule has 19 nitrogen and oxygen atoms in total. The van der Waals surface area contributed by atoms with Gasteiger partial charge in [0.2, 0.25) is 0 Å². The Kier molecular flexibility index (Phi) is 15.0. The number of carbonyl (C=O) groups is 7. The molecule has 10 atom stereocenters. The molecular weight excluding hydrogens is 768 g/mol. The van der Waals surface area contributed by atoms with Crippen LogP contribution in [0.25, 0.3) is 11.0 Å². The number of hydrogen-bond acceptors (Lipinski definition) is 20. The van der Waals surface area contributed by atoms with Gasteiger partial charge in [-0.05, 0) is 30.7 Å². The maximum absolute atomic E-state index is 12.5. The molecule has 4 rings (SSSR count). The van der Waals surface area contributed by atoms with Crippen LogP contribution in [-0.4, -0.2) is 116 Å². The minimum atomic E-state index is -1.66. The number of ether oxygens (including phenoxy) is 10. The highest BCUT2D eigenvalue weighted by Gasteiger charge is 2.55. The smallest absolute Gasteiger partial charge is 0.336 e. The fourth-order valence-electron chi connectivity index (χ4n) is 6.11. The van der Waals surface area contributed by atoms with Gasteiger partial charge in [-0.15, -0.1) is 0 Å². The maximum Gasteiger partial charge on any atom is 0.336 e. The summed E-state index contributed by atoms with van der Waals surface area (Å²) in [6.07, 6.45) is -13.4. The summed E-state index contributed by atoms with van der Waals surface area (Å²) in [4.78, 5) is 98.5.